The molecule has 3 heteroatoms. The Balaban J connectivity index is 2.09. The molecule has 0 aliphatic carbocycles. The van der Waals surface area contributed by atoms with Crippen LogP contribution in [0.25, 0.3) is 0 Å². The number of hydrogen-bond acceptors (Lipinski definition) is 3. The lowest BCUT2D eigenvalue weighted by Crippen LogP contribution is -2.30. The molecule has 3 nitrogen and oxygen atoms in total. The molecule has 0 spiro atoms. The van der Waals surface area contributed by atoms with Gasteiger partial charge in [0, 0.05) is 25.1 Å². The first-order chi connectivity index (χ1) is 9.11. The molecule has 0 radical (unpaired) electrons. The van der Waals surface area contributed by atoms with E-state index in [0.717, 1.165) is 25.3 Å². The Hall–Kier alpha value is -1.06. The number of aryl methyl sites for hydroxylation is 1. The molecule has 1 fully saturated rings. The summed E-state index contributed by atoms with van der Waals surface area (Å²) >= 11 is 0. The van der Waals surface area contributed by atoms with Gasteiger partial charge in [-0.05, 0) is 36.6 Å². The van der Waals surface area contributed by atoms with E-state index in [1.807, 2.05) is 6.07 Å². The number of rotatable bonds is 5. The Morgan fingerprint density at radius 3 is 2.84 bits per heavy atom. The number of benzene rings is 1. The molecule has 1 aliphatic rings. The van der Waals surface area contributed by atoms with E-state index in [9.17, 15) is 0 Å². The molecule has 2 atom stereocenters. The molecule has 1 aliphatic heterocycles. The predicted molar refractivity (Wildman–Crippen MR) is 77.7 cm³/mol. The summed E-state index contributed by atoms with van der Waals surface area (Å²) < 4.78 is 11.2. The SMILES string of the molecule is COc1ccc(C2OCCC2CNC(C)C)cc1C. The van der Waals surface area contributed by atoms with Gasteiger partial charge in [0.2, 0.25) is 0 Å². The van der Waals surface area contributed by atoms with Crippen LogP contribution in [0.3, 0.4) is 0 Å². The summed E-state index contributed by atoms with van der Waals surface area (Å²) in [4.78, 5) is 0. The zero-order valence-electron chi connectivity index (χ0n) is 12.4. The minimum atomic E-state index is 0.218. The van der Waals surface area contributed by atoms with Gasteiger partial charge < -0.3 is 14.8 Å². The van der Waals surface area contributed by atoms with Gasteiger partial charge in [0.25, 0.3) is 0 Å². The summed E-state index contributed by atoms with van der Waals surface area (Å²) in [6.07, 6.45) is 1.35. The minimum Gasteiger partial charge on any atom is -0.496 e. The fraction of sp³-hybridized carbons (Fsp3) is 0.625. The smallest absolute Gasteiger partial charge is 0.121 e. The molecule has 1 aromatic carbocycles. The number of nitrogens with one attached hydrogen (secondary N) is 1. The summed E-state index contributed by atoms with van der Waals surface area (Å²) in [7, 11) is 1.71. The minimum absolute atomic E-state index is 0.218. The van der Waals surface area contributed by atoms with Crippen LogP contribution in [-0.2, 0) is 4.74 Å². The van der Waals surface area contributed by atoms with Crippen LogP contribution in [0.2, 0.25) is 0 Å². The largest absolute Gasteiger partial charge is 0.496 e. The summed E-state index contributed by atoms with van der Waals surface area (Å²) in [6.45, 7) is 8.33. The van der Waals surface area contributed by atoms with Gasteiger partial charge >= 0.3 is 0 Å². The third-order valence-electron chi connectivity index (χ3n) is 3.75. The van der Waals surface area contributed by atoms with Gasteiger partial charge in [-0.15, -0.1) is 0 Å². The molecular weight excluding hydrogens is 238 g/mol. The van der Waals surface area contributed by atoms with E-state index in [0.29, 0.717) is 12.0 Å². The number of methoxy groups -OCH3 is 1. The molecule has 0 aromatic heterocycles. The van der Waals surface area contributed by atoms with Crippen molar-refractivity contribution in [1.29, 1.82) is 0 Å². The van der Waals surface area contributed by atoms with Gasteiger partial charge in [-0.3, -0.25) is 0 Å². The zero-order valence-corrected chi connectivity index (χ0v) is 12.4. The monoisotopic (exact) mass is 263 g/mol. The fourth-order valence-corrected chi connectivity index (χ4v) is 2.68. The number of ether oxygens (including phenoxy) is 2. The molecule has 1 N–H and O–H groups in total. The lowest BCUT2D eigenvalue weighted by molar-refractivity contribution is 0.0900. The van der Waals surface area contributed by atoms with Crippen molar-refractivity contribution in [3.05, 3.63) is 29.3 Å². The van der Waals surface area contributed by atoms with Crippen LogP contribution in [-0.4, -0.2) is 26.3 Å². The Labute approximate surface area is 116 Å². The second-order valence-corrected chi connectivity index (χ2v) is 5.63. The van der Waals surface area contributed by atoms with Crippen molar-refractivity contribution in [2.45, 2.75) is 39.3 Å². The molecular formula is C16H25NO2. The summed E-state index contributed by atoms with van der Waals surface area (Å²) in [5.74, 6) is 1.51. The molecule has 106 valence electrons. The highest BCUT2D eigenvalue weighted by Crippen LogP contribution is 2.35. The van der Waals surface area contributed by atoms with Crippen LogP contribution in [0.1, 0.15) is 37.5 Å². The Morgan fingerprint density at radius 2 is 2.21 bits per heavy atom. The Bertz CT molecular complexity index is 417. The molecule has 1 aromatic rings. The highest BCUT2D eigenvalue weighted by Gasteiger charge is 2.29. The summed E-state index contributed by atoms with van der Waals surface area (Å²) in [6, 6.07) is 6.89. The van der Waals surface area contributed by atoms with E-state index in [1.54, 1.807) is 7.11 Å². The average Bonchev–Trinajstić information content (AvgIpc) is 2.84. The molecule has 2 rings (SSSR count). The Morgan fingerprint density at radius 1 is 1.42 bits per heavy atom. The van der Waals surface area contributed by atoms with Crippen molar-refractivity contribution in [3.63, 3.8) is 0 Å². The quantitative estimate of drug-likeness (QED) is 0.885. The first-order valence-corrected chi connectivity index (χ1v) is 7.11. The molecule has 1 saturated heterocycles. The van der Waals surface area contributed by atoms with Gasteiger partial charge in [0.05, 0.1) is 13.2 Å². The maximum atomic E-state index is 5.93. The molecule has 2 unspecified atom stereocenters. The zero-order chi connectivity index (χ0) is 13.8. The van der Waals surface area contributed by atoms with Crippen molar-refractivity contribution in [3.8, 4) is 5.75 Å². The van der Waals surface area contributed by atoms with Crippen LogP contribution in [0.4, 0.5) is 0 Å². The summed E-state index contributed by atoms with van der Waals surface area (Å²) in [5, 5.41) is 3.52. The molecule has 1 heterocycles. The van der Waals surface area contributed by atoms with E-state index in [1.165, 1.54) is 11.1 Å². The lowest BCUT2D eigenvalue weighted by atomic mass is 9.94. The third-order valence-corrected chi connectivity index (χ3v) is 3.75. The van der Waals surface area contributed by atoms with Crippen molar-refractivity contribution in [2.75, 3.05) is 20.3 Å². The van der Waals surface area contributed by atoms with Crippen LogP contribution in [0.15, 0.2) is 18.2 Å². The Kier molecular flexibility index (Phi) is 4.83. The second kappa shape index (κ2) is 6.40. The van der Waals surface area contributed by atoms with Crippen molar-refractivity contribution < 1.29 is 9.47 Å². The molecule has 0 saturated carbocycles. The molecule has 19 heavy (non-hydrogen) atoms. The van der Waals surface area contributed by atoms with Crippen LogP contribution in [0, 0.1) is 12.8 Å². The van der Waals surface area contributed by atoms with Gasteiger partial charge in [-0.25, -0.2) is 0 Å². The van der Waals surface area contributed by atoms with E-state index < -0.39 is 0 Å². The highest BCUT2D eigenvalue weighted by atomic mass is 16.5. The maximum absolute atomic E-state index is 5.93. The first kappa shape index (κ1) is 14.4. The van der Waals surface area contributed by atoms with E-state index in [4.69, 9.17) is 9.47 Å². The lowest BCUT2D eigenvalue weighted by Gasteiger charge is -2.21. The first-order valence-electron chi connectivity index (χ1n) is 7.11. The topological polar surface area (TPSA) is 30.5 Å². The van der Waals surface area contributed by atoms with E-state index in [-0.39, 0.29) is 6.10 Å². The van der Waals surface area contributed by atoms with E-state index in [2.05, 4.69) is 38.2 Å². The van der Waals surface area contributed by atoms with Gasteiger partial charge in [0.1, 0.15) is 5.75 Å². The second-order valence-electron chi connectivity index (χ2n) is 5.63. The van der Waals surface area contributed by atoms with Crippen molar-refractivity contribution in [1.82, 2.24) is 5.32 Å². The van der Waals surface area contributed by atoms with Crippen molar-refractivity contribution in [2.24, 2.45) is 5.92 Å². The van der Waals surface area contributed by atoms with E-state index >= 15 is 0 Å². The average molecular weight is 263 g/mol. The number of hydrogen-bond donors (Lipinski definition) is 1. The molecule has 0 amide bonds. The van der Waals surface area contributed by atoms with Crippen LogP contribution >= 0.6 is 0 Å². The van der Waals surface area contributed by atoms with Crippen LogP contribution < -0.4 is 10.1 Å². The van der Waals surface area contributed by atoms with Gasteiger partial charge in [0.15, 0.2) is 0 Å². The normalized spacial score (nSPS) is 23.0. The van der Waals surface area contributed by atoms with Gasteiger partial charge in [-0.2, -0.15) is 0 Å². The fourth-order valence-electron chi connectivity index (χ4n) is 2.68. The maximum Gasteiger partial charge on any atom is 0.121 e. The van der Waals surface area contributed by atoms with Gasteiger partial charge in [-0.1, -0.05) is 19.9 Å². The molecule has 0 bridgehead atoms. The predicted octanol–water partition coefficient (Wildman–Crippen LogP) is 3.08. The highest BCUT2D eigenvalue weighted by molar-refractivity contribution is 5.37. The standard InChI is InChI=1S/C16H25NO2/c1-11(2)17-10-14-7-8-19-16(14)13-5-6-15(18-4)12(3)9-13/h5-6,9,11,14,16-17H,7-8,10H2,1-4H3. The third kappa shape index (κ3) is 3.48. The van der Waals surface area contributed by atoms with Crippen molar-refractivity contribution >= 4 is 0 Å². The van der Waals surface area contributed by atoms with Crippen LogP contribution in [0.5, 0.6) is 5.75 Å². The summed E-state index contributed by atoms with van der Waals surface area (Å²) in [5.41, 5.74) is 2.44.